The van der Waals surface area contributed by atoms with Crippen molar-refractivity contribution < 1.29 is 9.53 Å². The Morgan fingerprint density at radius 2 is 1.96 bits per heavy atom. The van der Waals surface area contributed by atoms with Crippen LogP contribution in [0.1, 0.15) is 13.8 Å². The second-order valence-electron chi connectivity index (χ2n) is 5.61. The minimum absolute atomic E-state index is 0. The van der Waals surface area contributed by atoms with E-state index in [0.29, 0.717) is 38.0 Å². The van der Waals surface area contributed by atoms with E-state index in [9.17, 15) is 4.79 Å². The predicted molar refractivity (Wildman–Crippen MR) is 95.1 cm³/mol. The highest BCUT2D eigenvalue weighted by atomic mass is 79.9. The number of anilines is 1. The number of ether oxygens (including phenoxy) is 1. The predicted octanol–water partition coefficient (Wildman–Crippen LogP) is 1.30. The van der Waals surface area contributed by atoms with Gasteiger partial charge in [-0.2, -0.15) is 4.98 Å². The first-order valence-electron chi connectivity index (χ1n) is 7.30. The molecule has 130 valence electrons. The number of nitrogens with two attached hydrogens (primary N) is 1. The van der Waals surface area contributed by atoms with Crippen LogP contribution in [0.3, 0.4) is 0 Å². The maximum Gasteiger partial charge on any atom is 0.239 e. The molecule has 1 aromatic heterocycles. The third-order valence-electron chi connectivity index (χ3n) is 3.77. The number of rotatable bonds is 4. The summed E-state index contributed by atoms with van der Waals surface area (Å²) in [6.07, 6.45) is 1.67. The van der Waals surface area contributed by atoms with Gasteiger partial charge in [-0.05, 0) is 21.8 Å². The number of aromatic nitrogens is 2. The van der Waals surface area contributed by atoms with Gasteiger partial charge in [-0.3, -0.25) is 4.79 Å². The number of carbonyl (C=O) groups excluding carboxylic acids is 1. The van der Waals surface area contributed by atoms with Crippen molar-refractivity contribution in [3.63, 3.8) is 0 Å². The van der Waals surface area contributed by atoms with Gasteiger partial charge in [0.15, 0.2) is 0 Å². The summed E-state index contributed by atoms with van der Waals surface area (Å²) >= 11 is 3.34. The van der Waals surface area contributed by atoms with E-state index in [1.165, 1.54) is 0 Å². The quantitative estimate of drug-likeness (QED) is 0.808. The zero-order valence-corrected chi connectivity index (χ0v) is 15.9. The molecule has 1 aromatic rings. The van der Waals surface area contributed by atoms with Crippen molar-refractivity contribution in [3.8, 4) is 5.88 Å². The monoisotopic (exact) mass is 407 g/mol. The molecule has 0 spiro atoms. The van der Waals surface area contributed by atoms with Crippen LogP contribution in [0, 0.1) is 5.92 Å². The molecule has 0 aromatic carbocycles. The molecule has 2 N–H and O–H groups in total. The van der Waals surface area contributed by atoms with Crippen LogP contribution >= 0.6 is 28.3 Å². The summed E-state index contributed by atoms with van der Waals surface area (Å²) in [5.41, 5.74) is 5.94. The first kappa shape index (κ1) is 19.9. The van der Waals surface area contributed by atoms with Crippen molar-refractivity contribution in [2.24, 2.45) is 11.7 Å². The summed E-state index contributed by atoms with van der Waals surface area (Å²) in [4.78, 5) is 24.8. The molecule has 2 rings (SSSR count). The van der Waals surface area contributed by atoms with Gasteiger partial charge in [-0.15, -0.1) is 12.4 Å². The van der Waals surface area contributed by atoms with E-state index in [4.69, 9.17) is 10.5 Å². The number of hydrogen-bond donors (Lipinski definition) is 1. The van der Waals surface area contributed by atoms with Crippen molar-refractivity contribution in [2.75, 3.05) is 38.2 Å². The number of piperazine rings is 1. The molecule has 0 radical (unpaired) electrons. The summed E-state index contributed by atoms with van der Waals surface area (Å²) in [6, 6.07) is -0.435. The number of hydrogen-bond acceptors (Lipinski definition) is 6. The third-order valence-corrected chi connectivity index (χ3v) is 4.31. The molecule has 7 nitrogen and oxygen atoms in total. The highest BCUT2D eigenvalue weighted by molar-refractivity contribution is 9.10. The highest BCUT2D eigenvalue weighted by Crippen LogP contribution is 2.24. The van der Waals surface area contributed by atoms with Gasteiger partial charge in [0.05, 0.1) is 23.8 Å². The topological polar surface area (TPSA) is 84.6 Å². The summed E-state index contributed by atoms with van der Waals surface area (Å²) in [5.74, 6) is 1.28. The smallest absolute Gasteiger partial charge is 0.239 e. The van der Waals surface area contributed by atoms with E-state index < -0.39 is 6.04 Å². The Kier molecular flexibility index (Phi) is 7.50. The van der Waals surface area contributed by atoms with E-state index in [0.717, 1.165) is 4.47 Å². The van der Waals surface area contributed by atoms with E-state index in [1.54, 1.807) is 13.3 Å². The molecule has 1 aliphatic rings. The van der Waals surface area contributed by atoms with Crippen LogP contribution in [-0.2, 0) is 4.79 Å². The standard InChI is InChI=1S/C14H22BrN5O2.ClH/c1-9(2)11(16)13(21)19-4-6-20(7-5-19)14-17-8-10(15)12(18-14)22-3;/h8-9,11H,4-7,16H2,1-3H3;1H/t11-;/m0./s1. The average molecular weight is 409 g/mol. The summed E-state index contributed by atoms with van der Waals surface area (Å²) in [7, 11) is 1.57. The maximum atomic E-state index is 12.3. The molecule has 2 heterocycles. The van der Waals surface area contributed by atoms with Crippen molar-refractivity contribution >= 4 is 40.2 Å². The zero-order valence-electron chi connectivity index (χ0n) is 13.5. The van der Waals surface area contributed by atoms with Gasteiger partial charge in [0.25, 0.3) is 0 Å². The lowest BCUT2D eigenvalue weighted by molar-refractivity contribution is -0.133. The van der Waals surface area contributed by atoms with E-state index in [-0.39, 0.29) is 24.2 Å². The number of amides is 1. The molecule has 1 saturated heterocycles. The molecule has 0 saturated carbocycles. The largest absolute Gasteiger partial charge is 0.480 e. The Labute approximate surface area is 151 Å². The van der Waals surface area contributed by atoms with Crippen LogP contribution < -0.4 is 15.4 Å². The Balaban J connectivity index is 0.00000264. The van der Waals surface area contributed by atoms with Gasteiger partial charge < -0.3 is 20.3 Å². The SMILES string of the molecule is COc1nc(N2CCN(C(=O)[C@@H](N)C(C)C)CC2)ncc1Br.Cl. The summed E-state index contributed by atoms with van der Waals surface area (Å²) < 4.78 is 5.91. The number of carbonyl (C=O) groups is 1. The first-order chi connectivity index (χ1) is 10.4. The molecule has 0 unspecified atom stereocenters. The number of methoxy groups -OCH3 is 1. The van der Waals surface area contributed by atoms with Gasteiger partial charge >= 0.3 is 0 Å². The van der Waals surface area contributed by atoms with Crippen LogP contribution in [0.25, 0.3) is 0 Å². The Morgan fingerprint density at radius 1 is 1.35 bits per heavy atom. The van der Waals surface area contributed by atoms with Crippen molar-refractivity contribution in [1.82, 2.24) is 14.9 Å². The molecule has 1 fully saturated rings. The van der Waals surface area contributed by atoms with Crippen LogP contribution in [-0.4, -0.2) is 60.1 Å². The number of nitrogens with zero attached hydrogens (tertiary/aromatic N) is 4. The molecule has 1 atom stereocenters. The molecular weight excluding hydrogens is 386 g/mol. The van der Waals surface area contributed by atoms with Crippen LogP contribution in [0.15, 0.2) is 10.7 Å². The van der Waals surface area contributed by atoms with Crippen LogP contribution in [0.2, 0.25) is 0 Å². The summed E-state index contributed by atoms with van der Waals surface area (Å²) in [5, 5.41) is 0. The number of halogens is 2. The highest BCUT2D eigenvalue weighted by Gasteiger charge is 2.27. The van der Waals surface area contributed by atoms with E-state index in [2.05, 4.69) is 25.9 Å². The van der Waals surface area contributed by atoms with Gasteiger partial charge in [-0.1, -0.05) is 13.8 Å². The molecule has 1 amide bonds. The second-order valence-corrected chi connectivity index (χ2v) is 6.46. The van der Waals surface area contributed by atoms with Crippen molar-refractivity contribution in [1.29, 1.82) is 0 Å². The minimum Gasteiger partial charge on any atom is -0.480 e. The van der Waals surface area contributed by atoms with E-state index in [1.807, 2.05) is 23.6 Å². The average Bonchev–Trinajstić information content (AvgIpc) is 2.54. The van der Waals surface area contributed by atoms with Gasteiger partial charge in [0, 0.05) is 26.2 Å². The molecule has 0 bridgehead atoms. The summed E-state index contributed by atoms with van der Waals surface area (Å²) in [6.45, 7) is 6.53. The van der Waals surface area contributed by atoms with E-state index >= 15 is 0 Å². The Bertz CT molecular complexity index is 538. The molecule has 23 heavy (non-hydrogen) atoms. The van der Waals surface area contributed by atoms with Gasteiger partial charge in [0.1, 0.15) is 0 Å². The zero-order chi connectivity index (χ0) is 16.3. The molecular formula is C14H23BrClN5O2. The third kappa shape index (κ3) is 4.68. The van der Waals surface area contributed by atoms with Crippen molar-refractivity contribution in [2.45, 2.75) is 19.9 Å². The second kappa shape index (κ2) is 8.65. The molecule has 9 heteroatoms. The van der Waals surface area contributed by atoms with Crippen molar-refractivity contribution in [3.05, 3.63) is 10.7 Å². The fourth-order valence-electron chi connectivity index (χ4n) is 2.26. The lowest BCUT2D eigenvalue weighted by Crippen LogP contribution is -2.54. The van der Waals surface area contributed by atoms with Gasteiger partial charge in [0.2, 0.25) is 17.7 Å². The first-order valence-corrected chi connectivity index (χ1v) is 8.09. The fourth-order valence-corrected chi connectivity index (χ4v) is 2.61. The lowest BCUT2D eigenvalue weighted by Gasteiger charge is -2.36. The maximum absolute atomic E-state index is 12.3. The van der Waals surface area contributed by atoms with Crippen LogP contribution in [0.5, 0.6) is 5.88 Å². The normalized spacial score (nSPS) is 16.1. The fraction of sp³-hybridized carbons (Fsp3) is 0.643. The lowest BCUT2D eigenvalue weighted by atomic mass is 10.0. The molecule has 0 aliphatic carbocycles. The molecule has 1 aliphatic heterocycles. The van der Waals surface area contributed by atoms with Gasteiger partial charge in [-0.25, -0.2) is 4.98 Å². The minimum atomic E-state index is -0.435. The van der Waals surface area contributed by atoms with Crippen LogP contribution in [0.4, 0.5) is 5.95 Å². The Morgan fingerprint density at radius 3 is 2.48 bits per heavy atom. The Hall–Kier alpha value is -1.12.